The smallest absolute Gasteiger partial charge is 0.238 e. The van der Waals surface area contributed by atoms with Gasteiger partial charge in [-0.05, 0) is 68.2 Å². The summed E-state index contributed by atoms with van der Waals surface area (Å²) in [5.74, 6) is -0.00297. The Kier molecular flexibility index (Phi) is 5.69. The summed E-state index contributed by atoms with van der Waals surface area (Å²) in [4.78, 5) is 13.6. The van der Waals surface area contributed by atoms with E-state index in [4.69, 9.17) is 9.72 Å². The molecule has 174 valence electrons. The molecular formula is C25H24F2N6O. The number of imidazole rings is 1. The summed E-state index contributed by atoms with van der Waals surface area (Å²) < 4.78 is 36.5. The molecule has 1 atom stereocenters. The number of aryl methyl sites for hydroxylation is 2. The highest BCUT2D eigenvalue weighted by molar-refractivity contribution is 5.76. The fourth-order valence-electron chi connectivity index (χ4n) is 4.28. The molecule has 0 saturated carbocycles. The number of rotatable bonds is 5. The Hall–Kier alpha value is -3.88. The number of aromatic nitrogens is 6. The van der Waals surface area contributed by atoms with Crippen molar-refractivity contribution in [1.29, 1.82) is 0 Å². The van der Waals surface area contributed by atoms with Gasteiger partial charge in [0.25, 0.3) is 0 Å². The predicted octanol–water partition coefficient (Wildman–Crippen LogP) is 4.94. The largest absolute Gasteiger partial charge is 0.479 e. The molecule has 4 aromatic rings. The molecule has 0 amide bonds. The lowest BCUT2D eigenvalue weighted by Crippen LogP contribution is -2.18. The van der Waals surface area contributed by atoms with Gasteiger partial charge in [0.2, 0.25) is 5.88 Å². The Labute approximate surface area is 195 Å². The fraction of sp³-hybridized carbons (Fsp3) is 0.280. The second-order valence-electron chi connectivity index (χ2n) is 8.40. The Morgan fingerprint density at radius 3 is 2.74 bits per heavy atom. The Morgan fingerprint density at radius 1 is 1.15 bits per heavy atom. The van der Waals surface area contributed by atoms with Crippen LogP contribution in [0.15, 0.2) is 42.9 Å². The van der Waals surface area contributed by atoms with Crippen LogP contribution in [0.25, 0.3) is 17.3 Å². The third kappa shape index (κ3) is 4.09. The van der Waals surface area contributed by atoms with E-state index in [0.29, 0.717) is 23.0 Å². The molecular weight excluding hydrogens is 438 g/mol. The molecule has 0 bridgehead atoms. The lowest BCUT2D eigenvalue weighted by molar-refractivity contribution is 0.395. The van der Waals surface area contributed by atoms with Gasteiger partial charge < -0.3 is 9.30 Å². The minimum Gasteiger partial charge on any atom is -0.479 e. The standard InChI is InChI=1S/C25H24F2N6O/c1-15(11-18-7-9-22(25(29-18)34-3)32-13-16(2)28-14-32)23-30-24-19(5-4-10-33(24)31-23)17-6-8-20(26)21(27)12-17/h6-9,11-14,19H,4-5,10H2,1-3H3/b15-11+/t19-/m0/s1. The topological polar surface area (TPSA) is 70.7 Å². The Balaban J connectivity index is 1.45. The second-order valence-corrected chi connectivity index (χ2v) is 8.40. The van der Waals surface area contributed by atoms with Crippen molar-refractivity contribution in [2.24, 2.45) is 0 Å². The Bertz CT molecular complexity index is 1390. The lowest BCUT2D eigenvalue weighted by atomic mass is 9.91. The lowest BCUT2D eigenvalue weighted by Gasteiger charge is -2.22. The summed E-state index contributed by atoms with van der Waals surface area (Å²) in [7, 11) is 1.58. The van der Waals surface area contributed by atoms with E-state index in [2.05, 4.69) is 15.1 Å². The number of hydrogen-bond acceptors (Lipinski definition) is 5. The number of benzene rings is 1. The van der Waals surface area contributed by atoms with E-state index in [1.54, 1.807) is 19.5 Å². The molecule has 1 aliphatic rings. The average molecular weight is 463 g/mol. The molecule has 0 N–H and O–H groups in total. The van der Waals surface area contributed by atoms with Crippen LogP contribution >= 0.6 is 0 Å². The van der Waals surface area contributed by atoms with Gasteiger partial charge in [0.15, 0.2) is 17.5 Å². The summed E-state index contributed by atoms with van der Waals surface area (Å²) in [5.41, 5.74) is 3.95. The molecule has 0 spiro atoms. The molecule has 5 rings (SSSR count). The third-order valence-electron chi connectivity index (χ3n) is 5.98. The molecule has 1 aromatic carbocycles. The van der Waals surface area contributed by atoms with E-state index < -0.39 is 11.6 Å². The zero-order valence-electron chi connectivity index (χ0n) is 19.2. The molecule has 34 heavy (non-hydrogen) atoms. The van der Waals surface area contributed by atoms with Crippen molar-refractivity contribution in [2.75, 3.05) is 7.11 Å². The molecule has 0 saturated heterocycles. The molecule has 0 radical (unpaired) electrons. The number of halogens is 2. The fourth-order valence-corrected chi connectivity index (χ4v) is 4.28. The van der Waals surface area contributed by atoms with Gasteiger partial charge in [-0.1, -0.05) is 6.07 Å². The van der Waals surface area contributed by atoms with Gasteiger partial charge in [-0.2, -0.15) is 5.10 Å². The van der Waals surface area contributed by atoms with Gasteiger partial charge in [0.1, 0.15) is 11.5 Å². The van der Waals surface area contributed by atoms with Crippen LogP contribution in [0, 0.1) is 18.6 Å². The van der Waals surface area contributed by atoms with Crippen molar-refractivity contribution < 1.29 is 13.5 Å². The van der Waals surface area contributed by atoms with E-state index in [1.165, 1.54) is 12.1 Å². The first-order valence-corrected chi connectivity index (χ1v) is 11.1. The van der Waals surface area contributed by atoms with Gasteiger partial charge in [0, 0.05) is 18.7 Å². The minimum atomic E-state index is -0.849. The van der Waals surface area contributed by atoms with Crippen molar-refractivity contribution >= 4 is 11.6 Å². The van der Waals surface area contributed by atoms with Gasteiger partial charge in [-0.25, -0.2) is 28.4 Å². The second kappa shape index (κ2) is 8.81. The molecule has 1 aliphatic heterocycles. The van der Waals surface area contributed by atoms with Gasteiger partial charge >= 0.3 is 0 Å². The number of nitrogens with zero attached hydrogens (tertiary/aromatic N) is 6. The third-order valence-corrected chi connectivity index (χ3v) is 5.98. The maximum atomic E-state index is 13.8. The monoisotopic (exact) mass is 462 g/mol. The van der Waals surface area contributed by atoms with E-state index in [-0.39, 0.29) is 5.92 Å². The number of ether oxygens (including phenoxy) is 1. The van der Waals surface area contributed by atoms with Crippen LogP contribution in [0.5, 0.6) is 5.88 Å². The van der Waals surface area contributed by atoms with Crippen molar-refractivity contribution in [3.63, 3.8) is 0 Å². The summed E-state index contributed by atoms with van der Waals surface area (Å²) >= 11 is 0. The van der Waals surface area contributed by atoms with Crippen molar-refractivity contribution in [1.82, 2.24) is 29.3 Å². The molecule has 0 aliphatic carbocycles. The van der Waals surface area contributed by atoms with Crippen LogP contribution in [0.4, 0.5) is 8.78 Å². The molecule has 9 heteroatoms. The summed E-state index contributed by atoms with van der Waals surface area (Å²) in [6.07, 6.45) is 7.22. The quantitative estimate of drug-likeness (QED) is 0.420. The SMILES string of the molecule is COc1nc(/C=C(\C)c2nc3n(n2)CCC[C@H]3c2ccc(F)c(F)c2)ccc1-n1cnc(C)c1. The van der Waals surface area contributed by atoms with E-state index in [9.17, 15) is 8.78 Å². The van der Waals surface area contributed by atoms with Crippen LogP contribution in [-0.4, -0.2) is 36.4 Å². The maximum Gasteiger partial charge on any atom is 0.238 e. The average Bonchev–Trinajstić information content (AvgIpc) is 3.47. The van der Waals surface area contributed by atoms with E-state index >= 15 is 0 Å². The number of allylic oxidation sites excluding steroid dienone is 1. The van der Waals surface area contributed by atoms with Gasteiger partial charge in [-0.15, -0.1) is 0 Å². The predicted molar refractivity (Wildman–Crippen MR) is 124 cm³/mol. The molecule has 4 heterocycles. The highest BCUT2D eigenvalue weighted by atomic mass is 19.2. The van der Waals surface area contributed by atoms with E-state index in [0.717, 1.165) is 42.2 Å². The zero-order chi connectivity index (χ0) is 23.8. The van der Waals surface area contributed by atoms with Crippen LogP contribution in [-0.2, 0) is 6.54 Å². The maximum absolute atomic E-state index is 13.8. The zero-order valence-corrected chi connectivity index (χ0v) is 19.2. The Morgan fingerprint density at radius 2 is 2.00 bits per heavy atom. The first-order chi connectivity index (χ1) is 16.4. The van der Waals surface area contributed by atoms with Crippen LogP contribution in [0.2, 0.25) is 0 Å². The van der Waals surface area contributed by atoms with Gasteiger partial charge in [0.05, 0.1) is 24.8 Å². The van der Waals surface area contributed by atoms with Gasteiger partial charge in [-0.3, -0.25) is 0 Å². The number of fused-ring (bicyclic) bond motifs is 1. The first kappa shape index (κ1) is 21.9. The number of hydrogen-bond donors (Lipinski definition) is 0. The van der Waals surface area contributed by atoms with Crippen molar-refractivity contribution in [3.05, 3.63) is 83.1 Å². The summed E-state index contributed by atoms with van der Waals surface area (Å²) in [5, 5.41) is 4.67. The van der Waals surface area contributed by atoms with Crippen LogP contribution < -0.4 is 4.74 Å². The molecule has 0 unspecified atom stereocenters. The minimum absolute atomic E-state index is 0.131. The van der Waals surface area contributed by atoms with Crippen molar-refractivity contribution in [2.45, 2.75) is 39.2 Å². The summed E-state index contributed by atoms with van der Waals surface area (Å²) in [6.45, 7) is 4.58. The highest BCUT2D eigenvalue weighted by Gasteiger charge is 2.27. The molecule has 3 aromatic heterocycles. The highest BCUT2D eigenvalue weighted by Crippen LogP contribution is 2.33. The first-order valence-electron chi connectivity index (χ1n) is 11.1. The van der Waals surface area contributed by atoms with Crippen molar-refractivity contribution in [3.8, 4) is 11.6 Å². The molecule has 0 fully saturated rings. The van der Waals surface area contributed by atoms with E-state index in [1.807, 2.05) is 47.5 Å². The van der Waals surface area contributed by atoms with Crippen LogP contribution in [0.1, 0.15) is 54.3 Å². The number of pyridine rings is 1. The molecule has 7 nitrogen and oxygen atoms in total. The number of methoxy groups -OCH3 is 1. The summed E-state index contributed by atoms with van der Waals surface area (Å²) in [6, 6.07) is 7.87. The normalized spacial score (nSPS) is 15.9. The van der Waals surface area contributed by atoms with Crippen LogP contribution in [0.3, 0.4) is 0 Å².